The van der Waals surface area contributed by atoms with E-state index in [4.69, 9.17) is 4.74 Å². The Hall–Kier alpha value is -4.32. The number of carbonyl (C=O) groups excluding carboxylic acids is 4. The minimum absolute atomic E-state index is 0.00546. The number of phenolic OH excluding ortho intramolecular Hbond substituents is 2. The third kappa shape index (κ3) is 9.16. The molecule has 0 fully saturated rings. The maximum atomic E-state index is 14.1. The van der Waals surface area contributed by atoms with Gasteiger partial charge >= 0.3 is 12.1 Å². The number of aromatic hydroxyl groups is 2. The maximum Gasteiger partial charge on any atom is 0.408 e. The van der Waals surface area contributed by atoms with Crippen molar-refractivity contribution >= 4 is 23.9 Å². The van der Waals surface area contributed by atoms with Crippen LogP contribution in [0.5, 0.6) is 11.5 Å². The maximum absolute atomic E-state index is 14.1. The van der Waals surface area contributed by atoms with Gasteiger partial charge in [0, 0.05) is 18.5 Å². The summed E-state index contributed by atoms with van der Waals surface area (Å²) < 4.78 is 9.92. The van der Waals surface area contributed by atoms with E-state index in [-0.39, 0.29) is 30.0 Å². The number of amides is 3. The van der Waals surface area contributed by atoms with Crippen LogP contribution in [0.25, 0.3) is 0 Å². The first-order chi connectivity index (χ1) is 18.8. The van der Waals surface area contributed by atoms with Crippen molar-refractivity contribution in [2.24, 2.45) is 0 Å². The molecule has 0 aliphatic heterocycles. The Balaban J connectivity index is 2.57. The van der Waals surface area contributed by atoms with Gasteiger partial charge in [-0.25, -0.2) is 4.79 Å². The third-order valence-electron chi connectivity index (χ3n) is 5.75. The van der Waals surface area contributed by atoms with E-state index >= 15 is 0 Å². The smallest absolute Gasteiger partial charge is 0.408 e. The molecule has 0 radical (unpaired) electrons. The summed E-state index contributed by atoms with van der Waals surface area (Å²) in [4.78, 5) is 52.9. The zero-order valence-corrected chi connectivity index (χ0v) is 23.3. The highest BCUT2D eigenvalue weighted by molar-refractivity contribution is 5.93. The average molecular weight is 560 g/mol. The Labute approximate surface area is 232 Å². The van der Waals surface area contributed by atoms with Crippen LogP contribution < -0.4 is 10.6 Å². The molecule has 2 aromatic carbocycles. The summed E-state index contributed by atoms with van der Waals surface area (Å²) in [6.45, 7) is 5.16. The lowest BCUT2D eigenvalue weighted by atomic mass is 9.98. The normalized spacial score (nSPS) is 12.6. The van der Waals surface area contributed by atoms with Crippen molar-refractivity contribution in [2.75, 3.05) is 26.8 Å². The number of phenols is 2. The molecule has 2 rings (SSSR count). The molecule has 0 saturated carbocycles. The standard InChI is InChI=1S/C28H37N3O9/c1-17-7-6-8-20(24(17)35)23(25(36)29-16-22(34)39-5)31(13-14-32)26(37)21(30-27(38)40-28(2,3)4)15-18-9-11-19(33)12-10-18/h6-12,21,23,32-33,35H,13-16H2,1-5H3,(H,29,36)(H,30,38). The molecule has 0 bridgehead atoms. The van der Waals surface area contributed by atoms with E-state index in [9.17, 15) is 34.5 Å². The van der Waals surface area contributed by atoms with Crippen LogP contribution in [0.4, 0.5) is 4.79 Å². The van der Waals surface area contributed by atoms with Crippen LogP contribution in [0.15, 0.2) is 42.5 Å². The Morgan fingerprint density at radius 2 is 1.68 bits per heavy atom. The van der Waals surface area contributed by atoms with E-state index in [0.29, 0.717) is 11.1 Å². The number of aliphatic hydroxyl groups is 1. The number of esters is 1. The van der Waals surface area contributed by atoms with Crippen molar-refractivity contribution < 1.29 is 44.0 Å². The first kappa shape index (κ1) is 31.9. The minimum Gasteiger partial charge on any atom is -0.508 e. The van der Waals surface area contributed by atoms with Gasteiger partial charge in [-0.05, 0) is 51.0 Å². The molecule has 0 aliphatic carbocycles. The Morgan fingerprint density at radius 1 is 1.02 bits per heavy atom. The van der Waals surface area contributed by atoms with Crippen molar-refractivity contribution in [2.45, 2.75) is 51.8 Å². The van der Waals surface area contributed by atoms with Gasteiger partial charge in [0.15, 0.2) is 0 Å². The Kier molecular flexibility index (Phi) is 11.3. The molecular weight excluding hydrogens is 522 g/mol. The molecule has 0 heterocycles. The summed E-state index contributed by atoms with van der Waals surface area (Å²) in [6, 6.07) is 7.83. The summed E-state index contributed by atoms with van der Waals surface area (Å²) in [5.74, 6) is -2.59. The number of benzene rings is 2. The van der Waals surface area contributed by atoms with Crippen molar-refractivity contribution in [1.29, 1.82) is 0 Å². The SMILES string of the molecule is COC(=O)CNC(=O)C(c1cccc(C)c1O)N(CCO)C(=O)C(Cc1ccc(O)cc1)NC(=O)OC(C)(C)C. The molecule has 5 N–H and O–H groups in total. The predicted octanol–water partition coefficient (Wildman–Crippen LogP) is 1.69. The predicted molar refractivity (Wildman–Crippen MR) is 144 cm³/mol. The van der Waals surface area contributed by atoms with E-state index < -0.39 is 54.7 Å². The van der Waals surface area contributed by atoms with Gasteiger partial charge in [-0.2, -0.15) is 0 Å². The van der Waals surface area contributed by atoms with Gasteiger partial charge in [0.2, 0.25) is 11.8 Å². The Bertz CT molecular complexity index is 1190. The van der Waals surface area contributed by atoms with Gasteiger partial charge < -0.3 is 40.3 Å². The highest BCUT2D eigenvalue weighted by atomic mass is 16.6. The number of para-hydroxylation sites is 1. The first-order valence-corrected chi connectivity index (χ1v) is 12.6. The largest absolute Gasteiger partial charge is 0.508 e. The molecule has 0 aliphatic rings. The second kappa shape index (κ2) is 14.2. The van der Waals surface area contributed by atoms with Crippen molar-refractivity contribution in [3.63, 3.8) is 0 Å². The molecule has 12 nitrogen and oxygen atoms in total. The molecule has 0 aromatic heterocycles. The van der Waals surface area contributed by atoms with Crippen LogP contribution in [0.2, 0.25) is 0 Å². The van der Waals surface area contributed by atoms with Crippen LogP contribution >= 0.6 is 0 Å². The van der Waals surface area contributed by atoms with E-state index in [1.165, 1.54) is 18.2 Å². The quantitative estimate of drug-likeness (QED) is 0.257. The highest BCUT2D eigenvalue weighted by Crippen LogP contribution is 2.32. The molecule has 0 saturated heterocycles. The lowest BCUT2D eigenvalue weighted by Gasteiger charge is -2.34. The number of rotatable bonds is 11. The molecule has 40 heavy (non-hydrogen) atoms. The molecule has 218 valence electrons. The van der Waals surface area contributed by atoms with Crippen molar-refractivity contribution in [3.8, 4) is 11.5 Å². The number of carbonyl (C=O) groups is 4. The lowest BCUT2D eigenvalue weighted by molar-refractivity contribution is -0.145. The van der Waals surface area contributed by atoms with Gasteiger partial charge in [-0.1, -0.05) is 30.3 Å². The third-order valence-corrected chi connectivity index (χ3v) is 5.75. The second-order valence-corrected chi connectivity index (χ2v) is 10.0. The fourth-order valence-electron chi connectivity index (χ4n) is 3.87. The number of nitrogens with one attached hydrogen (secondary N) is 2. The second-order valence-electron chi connectivity index (χ2n) is 10.0. The fraction of sp³-hybridized carbons (Fsp3) is 0.429. The number of ether oxygens (including phenoxy) is 2. The Morgan fingerprint density at radius 3 is 2.25 bits per heavy atom. The summed E-state index contributed by atoms with van der Waals surface area (Å²) >= 11 is 0. The van der Waals surface area contributed by atoms with E-state index in [0.717, 1.165) is 12.0 Å². The number of methoxy groups -OCH3 is 1. The van der Waals surface area contributed by atoms with Crippen LogP contribution in [0.1, 0.15) is 43.5 Å². The minimum atomic E-state index is -1.49. The van der Waals surface area contributed by atoms with Gasteiger partial charge in [-0.3, -0.25) is 14.4 Å². The van der Waals surface area contributed by atoms with Crippen LogP contribution in [0.3, 0.4) is 0 Å². The summed E-state index contributed by atoms with van der Waals surface area (Å²) in [5.41, 5.74) is 0.170. The first-order valence-electron chi connectivity index (χ1n) is 12.6. The van der Waals surface area contributed by atoms with Gasteiger partial charge in [0.05, 0.1) is 13.7 Å². The lowest BCUT2D eigenvalue weighted by Crippen LogP contribution is -2.54. The number of aryl methyl sites for hydroxylation is 1. The number of aliphatic hydroxyl groups excluding tert-OH is 1. The summed E-state index contributed by atoms with van der Waals surface area (Å²) in [5, 5.41) is 35.3. The molecule has 0 spiro atoms. The molecule has 2 unspecified atom stereocenters. The zero-order chi connectivity index (χ0) is 30.0. The zero-order valence-electron chi connectivity index (χ0n) is 23.3. The van der Waals surface area contributed by atoms with Gasteiger partial charge in [0.1, 0.15) is 35.7 Å². The fourth-order valence-corrected chi connectivity index (χ4v) is 3.87. The topological polar surface area (TPSA) is 175 Å². The van der Waals surface area contributed by atoms with E-state index in [1.54, 1.807) is 52.0 Å². The van der Waals surface area contributed by atoms with Crippen LogP contribution in [-0.4, -0.2) is 82.5 Å². The molecule has 2 aromatic rings. The van der Waals surface area contributed by atoms with E-state index in [1.807, 2.05) is 0 Å². The van der Waals surface area contributed by atoms with Gasteiger partial charge in [0.25, 0.3) is 0 Å². The van der Waals surface area contributed by atoms with E-state index in [2.05, 4.69) is 15.4 Å². The van der Waals surface area contributed by atoms with Gasteiger partial charge in [-0.15, -0.1) is 0 Å². The number of alkyl carbamates (subject to hydrolysis) is 1. The summed E-state index contributed by atoms with van der Waals surface area (Å²) in [7, 11) is 1.15. The molecule has 12 heteroatoms. The van der Waals surface area contributed by atoms with Crippen LogP contribution in [0, 0.1) is 6.92 Å². The monoisotopic (exact) mass is 559 g/mol. The van der Waals surface area contributed by atoms with Crippen molar-refractivity contribution in [1.82, 2.24) is 15.5 Å². The number of hydrogen-bond donors (Lipinski definition) is 5. The summed E-state index contributed by atoms with van der Waals surface area (Å²) in [6.07, 6.45) is -0.949. The number of hydrogen-bond acceptors (Lipinski definition) is 9. The number of nitrogens with zero attached hydrogens (tertiary/aromatic N) is 1. The van der Waals surface area contributed by atoms with Crippen LogP contribution in [-0.2, 0) is 30.3 Å². The molecule has 2 atom stereocenters. The van der Waals surface area contributed by atoms with Crippen molar-refractivity contribution in [3.05, 3.63) is 59.2 Å². The highest BCUT2D eigenvalue weighted by Gasteiger charge is 2.37. The average Bonchev–Trinajstić information content (AvgIpc) is 2.88. The molecule has 3 amide bonds. The molecular formula is C28H37N3O9.